The molecule has 1 saturated heterocycles. The van der Waals surface area contributed by atoms with Crippen LogP contribution in [-0.4, -0.2) is 41.1 Å². The maximum absolute atomic E-state index is 12.4. The minimum atomic E-state index is -0.741. The van der Waals surface area contributed by atoms with Gasteiger partial charge in [-0.15, -0.1) is 0 Å². The monoisotopic (exact) mass is 302 g/mol. The molecule has 0 aromatic heterocycles. The molecular formula is C17H22N2O3. The summed E-state index contributed by atoms with van der Waals surface area (Å²) in [7, 11) is 0. The first kappa shape index (κ1) is 14.9. The fraction of sp³-hybridized carbons (Fsp3) is 0.529. The number of rotatable bonds is 4. The van der Waals surface area contributed by atoms with Gasteiger partial charge in [0, 0.05) is 24.8 Å². The topological polar surface area (TPSA) is 60.9 Å². The zero-order valence-corrected chi connectivity index (χ0v) is 13.1. The quantitative estimate of drug-likeness (QED) is 0.930. The second-order valence-electron chi connectivity index (χ2n) is 6.51. The fourth-order valence-electron chi connectivity index (χ4n) is 3.39. The average molecular weight is 302 g/mol. The lowest BCUT2D eigenvalue weighted by Crippen LogP contribution is -2.42. The van der Waals surface area contributed by atoms with Gasteiger partial charge in [0.25, 0.3) is 0 Å². The molecule has 1 aromatic carbocycles. The van der Waals surface area contributed by atoms with Gasteiger partial charge in [0.05, 0.1) is 5.41 Å². The summed E-state index contributed by atoms with van der Waals surface area (Å²) >= 11 is 0. The lowest BCUT2D eigenvalue weighted by atomic mass is 9.64. The Balaban J connectivity index is 1.81. The van der Waals surface area contributed by atoms with Gasteiger partial charge in [0.1, 0.15) is 0 Å². The molecule has 0 atom stereocenters. The highest BCUT2D eigenvalue weighted by Crippen LogP contribution is 2.44. The molecule has 1 saturated carbocycles. The van der Waals surface area contributed by atoms with E-state index in [1.807, 2.05) is 43.0 Å². The highest BCUT2D eigenvalue weighted by atomic mass is 16.4. The predicted molar refractivity (Wildman–Crippen MR) is 84.2 cm³/mol. The molecular weight excluding hydrogens is 280 g/mol. The van der Waals surface area contributed by atoms with Crippen LogP contribution in [-0.2, 0) is 10.2 Å². The molecule has 22 heavy (non-hydrogen) atoms. The molecule has 2 aliphatic rings. The Morgan fingerprint density at radius 3 is 2.23 bits per heavy atom. The minimum Gasteiger partial charge on any atom is -0.481 e. The van der Waals surface area contributed by atoms with Crippen molar-refractivity contribution < 1.29 is 14.7 Å². The number of carbonyl (C=O) groups is 2. The molecule has 1 aliphatic heterocycles. The van der Waals surface area contributed by atoms with E-state index >= 15 is 0 Å². The van der Waals surface area contributed by atoms with Crippen LogP contribution in [0.3, 0.4) is 0 Å². The number of carboxylic acids is 1. The maximum Gasteiger partial charge on any atom is 0.324 e. The standard InChI is InChI=1S/C17H22N2O3/c1-12(2)18-10-11-19(16(18)22)14-6-4-13(5-7-14)17(15(20)21)8-3-9-17/h4-7,12H,3,8-11H2,1-2H3,(H,20,21). The van der Waals surface area contributed by atoms with Crippen LogP contribution in [0.5, 0.6) is 0 Å². The van der Waals surface area contributed by atoms with Crippen molar-refractivity contribution in [1.82, 2.24) is 4.90 Å². The van der Waals surface area contributed by atoms with Gasteiger partial charge in [-0.25, -0.2) is 4.79 Å². The van der Waals surface area contributed by atoms with Crippen molar-refractivity contribution in [3.63, 3.8) is 0 Å². The third kappa shape index (κ3) is 2.16. The number of nitrogens with zero attached hydrogens (tertiary/aromatic N) is 2. The van der Waals surface area contributed by atoms with Crippen molar-refractivity contribution in [3.8, 4) is 0 Å². The van der Waals surface area contributed by atoms with Crippen LogP contribution < -0.4 is 4.90 Å². The Morgan fingerprint density at radius 2 is 1.82 bits per heavy atom. The summed E-state index contributed by atoms with van der Waals surface area (Å²) < 4.78 is 0. The third-order valence-corrected chi connectivity index (χ3v) is 5.01. The third-order valence-electron chi connectivity index (χ3n) is 5.01. The number of carbonyl (C=O) groups excluding carboxylic acids is 1. The minimum absolute atomic E-state index is 0.0272. The number of hydrogen-bond donors (Lipinski definition) is 1. The molecule has 5 heteroatoms. The zero-order valence-electron chi connectivity index (χ0n) is 13.1. The summed E-state index contributed by atoms with van der Waals surface area (Å²) in [4.78, 5) is 27.5. The number of carboxylic acid groups (broad SMARTS) is 1. The van der Waals surface area contributed by atoms with E-state index in [1.165, 1.54) is 0 Å². The van der Waals surface area contributed by atoms with Crippen molar-refractivity contribution >= 4 is 17.7 Å². The molecule has 2 amide bonds. The second-order valence-corrected chi connectivity index (χ2v) is 6.51. The molecule has 118 valence electrons. The van der Waals surface area contributed by atoms with Crippen LogP contribution in [0.4, 0.5) is 10.5 Å². The van der Waals surface area contributed by atoms with E-state index in [-0.39, 0.29) is 12.1 Å². The number of aliphatic carboxylic acids is 1. The van der Waals surface area contributed by atoms with Crippen LogP contribution in [0.2, 0.25) is 0 Å². The van der Waals surface area contributed by atoms with Crippen LogP contribution in [0.1, 0.15) is 38.7 Å². The summed E-state index contributed by atoms with van der Waals surface area (Å²) in [6.07, 6.45) is 2.36. The van der Waals surface area contributed by atoms with E-state index in [0.29, 0.717) is 19.4 Å². The maximum atomic E-state index is 12.4. The number of benzene rings is 1. The lowest BCUT2D eigenvalue weighted by molar-refractivity contribution is -0.147. The highest BCUT2D eigenvalue weighted by molar-refractivity contribution is 5.94. The summed E-state index contributed by atoms with van der Waals surface area (Å²) in [5, 5.41) is 9.48. The Labute approximate surface area is 130 Å². The first-order valence-electron chi connectivity index (χ1n) is 7.88. The van der Waals surface area contributed by atoms with Gasteiger partial charge < -0.3 is 10.0 Å². The van der Waals surface area contributed by atoms with Crippen molar-refractivity contribution in [1.29, 1.82) is 0 Å². The Hall–Kier alpha value is -2.04. The van der Waals surface area contributed by atoms with E-state index in [2.05, 4.69) is 0 Å². The van der Waals surface area contributed by atoms with Gasteiger partial charge in [0.15, 0.2) is 0 Å². The number of hydrogen-bond acceptors (Lipinski definition) is 2. The summed E-state index contributed by atoms with van der Waals surface area (Å²) in [6.45, 7) is 5.44. The van der Waals surface area contributed by atoms with Crippen LogP contribution in [0.15, 0.2) is 24.3 Å². The predicted octanol–water partition coefficient (Wildman–Crippen LogP) is 2.84. The SMILES string of the molecule is CC(C)N1CCN(c2ccc(C3(C(=O)O)CCC3)cc2)C1=O. The van der Waals surface area contributed by atoms with E-state index < -0.39 is 11.4 Å². The van der Waals surface area contributed by atoms with Crippen molar-refractivity contribution in [3.05, 3.63) is 29.8 Å². The molecule has 0 spiro atoms. The van der Waals surface area contributed by atoms with Gasteiger partial charge in [-0.1, -0.05) is 18.6 Å². The zero-order chi connectivity index (χ0) is 15.9. The summed E-state index contributed by atoms with van der Waals surface area (Å²) in [5.41, 5.74) is 0.983. The van der Waals surface area contributed by atoms with Gasteiger partial charge in [-0.05, 0) is 44.4 Å². The van der Waals surface area contributed by atoms with Crippen LogP contribution in [0, 0.1) is 0 Å². The number of urea groups is 1. The Morgan fingerprint density at radius 1 is 1.18 bits per heavy atom. The highest BCUT2D eigenvalue weighted by Gasteiger charge is 2.45. The molecule has 1 N–H and O–H groups in total. The van der Waals surface area contributed by atoms with Crippen LogP contribution in [0.25, 0.3) is 0 Å². The van der Waals surface area contributed by atoms with Gasteiger partial charge in [-0.2, -0.15) is 0 Å². The normalized spacial score (nSPS) is 20.4. The molecule has 1 heterocycles. The molecule has 5 nitrogen and oxygen atoms in total. The van der Waals surface area contributed by atoms with Crippen molar-refractivity contribution in [2.75, 3.05) is 18.0 Å². The van der Waals surface area contributed by atoms with Gasteiger partial charge in [0.2, 0.25) is 0 Å². The average Bonchev–Trinajstić information content (AvgIpc) is 2.80. The van der Waals surface area contributed by atoms with Crippen molar-refractivity contribution in [2.45, 2.75) is 44.6 Å². The van der Waals surface area contributed by atoms with E-state index in [0.717, 1.165) is 24.2 Å². The smallest absolute Gasteiger partial charge is 0.324 e. The Kier molecular flexibility index (Phi) is 3.59. The molecule has 0 bridgehead atoms. The van der Waals surface area contributed by atoms with Gasteiger partial charge in [-0.3, -0.25) is 9.69 Å². The molecule has 0 unspecified atom stereocenters. The Bertz CT molecular complexity index is 590. The van der Waals surface area contributed by atoms with E-state index in [9.17, 15) is 14.7 Å². The second kappa shape index (κ2) is 5.30. The molecule has 1 aliphatic carbocycles. The first-order valence-corrected chi connectivity index (χ1v) is 7.88. The summed E-state index contributed by atoms with van der Waals surface area (Å²) in [5.74, 6) is -0.741. The molecule has 3 rings (SSSR count). The molecule has 1 aromatic rings. The van der Waals surface area contributed by atoms with Crippen molar-refractivity contribution in [2.24, 2.45) is 0 Å². The first-order chi connectivity index (χ1) is 10.5. The van der Waals surface area contributed by atoms with Crippen LogP contribution >= 0.6 is 0 Å². The van der Waals surface area contributed by atoms with Gasteiger partial charge >= 0.3 is 12.0 Å². The lowest BCUT2D eigenvalue weighted by Gasteiger charge is -2.38. The fourth-order valence-corrected chi connectivity index (χ4v) is 3.39. The summed E-state index contributed by atoms with van der Waals surface area (Å²) in [6, 6.07) is 7.71. The molecule has 2 fully saturated rings. The molecule has 0 radical (unpaired) electrons. The number of anilines is 1. The largest absolute Gasteiger partial charge is 0.481 e. The van der Waals surface area contributed by atoms with E-state index in [1.54, 1.807) is 4.90 Å². The number of amides is 2. The van der Waals surface area contributed by atoms with E-state index in [4.69, 9.17) is 0 Å².